The number of nitrogens with one attached hydrogen (secondary N) is 1. The molecule has 10 nitrogen and oxygen atoms in total. The molecule has 0 saturated carbocycles. The summed E-state index contributed by atoms with van der Waals surface area (Å²) >= 11 is 0. The topological polar surface area (TPSA) is 152 Å². The van der Waals surface area contributed by atoms with Crippen LogP contribution in [-0.4, -0.2) is 66.3 Å². The van der Waals surface area contributed by atoms with Gasteiger partial charge in [0.15, 0.2) is 17.7 Å². The van der Waals surface area contributed by atoms with E-state index in [1.807, 2.05) is 6.92 Å². The van der Waals surface area contributed by atoms with Crippen molar-refractivity contribution in [2.45, 2.75) is 37.9 Å². The Labute approximate surface area is 167 Å². The Morgan fingerprint density at radius 1 is 1.17 bits per heavy atom. The predicted octanol–water partition coefficient (Wildman–Crippen LogP) is -0.0170. The fourth-order valence-electron chi connectivity index (χ4n) is 3.39. The highest BCUT2D eigenvalue weighted by molar-refractivity contribution is 5.83. The molecule has 2 aromatic heterocycles. The van der Waals surface area contributed by atoms with Crippen molar-refractivity contribution in [1.29, 1.82) is 0 Å². The highest BCUT2D eigenvalue weighted by Gasteiger charge is 2.44. The van der Waals surface area contributed by atoms with E-state index in [1.165, 1.54) is 22.0 Å². The number of nitrogen functional groups attached to an aromatic ring is 1. The van der Waals surface area contributed by atoms with Crippen molar-refractivity contribution in [3.05, 3.63) is 41.7 Å². The lowest BCUT2D eigenvalue weighted by Gasteiger charge is -2.16. The molecule has 1 fully saturated rings. The second-order valence-corrected chi connectivity index (χ2v) is 7.15. The maximum atomic E-state index is 10.3. The third kappa shape index (κ3) is 3.75. The minimum atomic E-state index is -1.24. The number of aromatic nitrogens is 4. The first kappa shape index (κ1) is 19.5. The number of anilines is 2. The molecule has 1 aromatic carbocycles. The standard InChI is InChI=1S/C19H24N6O4/c1-10-2-4-11(5-3-10)6-7-21-19-23-16(20)13-17(24-19)25(9-22-13)18-15(28)14(27)12(8-26)29-18/h2-5,9,12,14-15,18,26-28H,6-8H2,1H3,(H3,20,21,23,24)/t12-,14-,15-,18-/m1/s1. The van der Waals surface area contributed by atoms with E-state index >= 15 is 0 Å². The molecular formula is C19H24N6O4. The summed E-state index contributed by atoms with van der Waals surface area (Å²) in [5.41, 5.74) is 9.16. The normalized spacial score (nSPS) is 24.3. The second-order valence-electron chi connectivity index (χ2n) is 7.15. The zero-order valence-corrected chi connectivity index (χ0v) is 15.9. The molecule has 4 rings (SSSR count). The zero-order valence-electron chi connectivity index (χ0n) is 15.9. The van der Waals surface area contributed by atoms with Crippen LogP contribution in [0, 0.1) is 6.92 Å². The summed E-state index contributed by atoms with van der Waals surface area (Å²) in [5.74, 6) is 0.522. The van der Waals surface area contributed by atoms with Gasteiger partial charge >= 0.3 is 0 Å². The number of fused-ring (bicyclic) bond motifs is 1. The highest BCUT2D eigenvalue weighted by atomic mass is 16.6. The van der Waals surface area contributed by atoms with Crippen molar-refractivity contribution in [2.75, 3.05) is 24.2 Å². The minimum Gasteiger partial charge on any atom is -0.394 e. The molecule has 154 valence electrons. The van der Waals surface area contributed by atoms with E-state index in [2.05, 4.69) is 44.5 Å². The second kappa shape index (κ2) is 7.91. The van der Waals surface area contributed by atoms with Gasteiger partial charge in [-0.1, -0.05) is 29.8 Å². The molecule has 0 amide bonds. The van der Waals surface area contributed by atoms with Crippen LogP contribution < -0.4 is 11.1 Å². The van der Waals surface area contributed by atoms with Gasteiger partial charge in [0.25, 0.3) is 0 Å². The first-order chi connectivity index (χ1) is 14.0. The molecule has 29 heavy (non-hydrogen) atoms. The van der Waals surface area contributed by atoms with Crippen LogP contribution in [0.15, 0.2) is 30.6 Å². The molecule has 1 saturated heterocycles. The Bertz CT molecular complexity index is 992. The number of imidazole rings is 1. The van der Waals surface area contributed by atoms with Crippen LogP contribution in [0.1, 0.15) is 17.4 Å². The maximum absolute atomic E-state index is 10.3. The van der Waals surface area contributed by atoms with Gasteiger partial charge in [0, 0.05) is 6.54 Å². The van der Waals surface area contributed by atoms with Crippen molar-refractivity contribution in [3.63, 3.8) is 0 Å². The summed E-state index contributed by atoms with van der Waals surface area (Å²) in [6, 6.07) is 8.28. The molecule has 0 spiro atoms. The van der Waals surface area contributed by atoms with Crippen LogP contribution in [0.4, 0.5) is 11.8 Å². The van der Waals surface area contributed by atoms with E-state index in [0.29, 0.717) is 23.7 Å². The Morgan fingerprint density at radius 3 is 2.62 bits per heavy atom. The molecule has 3 aromatic rings. The molecule has 0 unspecified atom stereocenters. The monoisotopic (exact) mass is 400 g/mol. The van der Waals surface area contributed by atoms with Crippen molar-refractivity contribution < 1.29 is 20.1 Å². The lowest BCUT2D eigenvalue weighted by atomic mass is 10.1. The number of ether oxygens (including phenoxy) is 1. The van der Waals surface area contributed by atoms with E-state index in [4.69, 9.17) is 10.5 Å². The van der Waals surface area contributed by atoms with Gasteiger partial charge in [-0.2, -0.15) is 9.97 Å². The molecule has 6 N–H and O–H groups in total. The van der Waals surface area contributed by atoms with Gasteiger partial charge in [0.1, 0.15) is 23.8 Å². The van der Waals surface area contributed by atoms with Crippen LogP contribution in [0.5, 0.6) is 0 Å². The van der Waals surface area contributed by atoms with Gasteiger partial charge in [-0.05, 0) is 18.9 Å². The number of benzene rings is 1. The number of hydrogen-bond acceptors (Lipinski definition) is 9. The van der Waals surface area contributed by atoms with Crippen LogP contribution in [0.25, 0.3) is 11.2 Å². The van der Waals surface area contributed by atoms with Gasteiger partial charge in [-0.15, -0.1) is 0 Å². The van der Waals surface area contributed by atoms with E-state index < -0.39 is 31.1 Å². The number of rotatable bonds is 6. The number of hydrogen-bond donors (Lipinski definition) is 5. The van der Waals surface area contributed by atoms with Gasteiger partial charge < -0.3 is 31.1 Å². The summed E-state index contributed by atoms with van der Waals surface area (Å²) in [4.78, 5) is 12.9. The number of aliphatic hydroxyl groups excluding tert-OH is 3. The van der Waals surface area contributed by atoms with Crippen LogP contribution in [0.3, 0.4) is 0 Å². The van der Waals surface area contributed by atoms with Gasteiger partial charge in [-0.25, -0.2) is 4.98 Å². The highest BCUT2D eigenvalue weighted by Crippen LogP contribution is 2.32. The van der Waals surface area contributed by atoms with Crippen molar-refractivity contribution in [2.24, 2.45) is 0 Å². The summed E-state index contributed by atoms with van der Waals surface area (Å²) in [7, 11) is 0. The van der Waals surface area contributed by atoms with Crippen LogP contribution in [-0.2, 0) is 11.2 Å². The van der Waals surface area contributed by atoms with Crippen LogP contribution in [0.2, 0.25) is 0 Å². The summed E-state index contributed by atoms with van der Waals surface area (Å²) in [6.45, 7) is 2.24. The molecule has 4 atom stereocenters. The molecular weight excluding hydrogens is 376 g/mol. The first-order valence-corrected chi connectivity index (χ1v) is 9.40. The number of nitrogens with two attached hydrogens (primary N) is 1. The molecule has 0 aliphatic carbocycles. The predicted molar refractivity (Wildman–Crippen MR) is 106 cm³/mol. The van der Waals surface area contributed by atoms with E-state index in [-0.39, 0.29) is 5.82 Å². The largest absolute Gasteiger partial charge is 0.394 e. The summed E-state index contributed by atoms with van der Waals surface area (Å²) < 4.78 is 7.06. The number of nitrogens with zero attached hydrogens (tertiary/aromatic N) is 4. The third-order valence-electron chi connectivity index (χ3n) is 5.06. The number of aryl methyl sites for hydroxylation is 1. The fraction of sp³-hybridized carbons (Fsp3) is 0.421. The zero-order chi connectivity index (χ0) is 20.5. The summed E-state index contributed by atoms with van der Waals surface area (Å²) in [5, 5.41) is 32.8. The van der Waals surface area contributed by atoms with E-state index in [1.54, 1.807) is 0 Å². The quantitative estimate of drug-likeness (QED) is 0.384. The molecule has 1 aliphatic heterocycles. The van der Waals surface area contributed by atoms with Crippen LogP contribution >= 0.6 is 0 Å². The molecule has 0 bridgehead atoms. The lowest BCUT2D eigenvalue weighted by Crippen LogP contribution is -2.33. The smallest absolute Gasteiger partial charge is 0.226 e. The fourth-order valence-corrected chi connectivity index (χ4v) is 3.39. The Morgan fingerprint density at radius 2 is 1.93 bits per heavy atom. The minimum absolute atomic E-state index is 0.193. The van der Waals surface area contributed by atoms with Gasteiger partial charge in [0.05, 0.1) is 12.9 Å². The average molecular weight is 400 g/mol. The van der Waals surface area contributed by atoms with E-state index in [9.17, 15) is 15.3 Å². The SMILES string of the molecule is Cc1ccc(CCNc2nc(N)c3ncn([C@@H]4O[C@H](CO)[C@@H](O)[C@H]4O)c3n2)cc1. The Kier molecular flexibility index (Phi) is 5.33. The lowest BCUT2D eigenvalue weighted by molar-refractivity contribution is -0.0511. The Hall–Kier alpha value is -2.79. The summed E-state index contributed by atoms with van der Waals surface area (Å²) in [6.07, 6.45) is -2.07. The third-order valence-corrected chi connectivity index (χ3v) is 5.06. The van der Waals surface area contributed by atoms with Gasteiger partial charge in [-0.3, -0.25) is 4.57 Å². The molecule has 1 aliphatic rings. The molecule has 0 radical (unpaired) electrons. The van der Waals surface area contributed by atoms with E-state index in [0.717, 1.165) is 6.42 Å². The van der Waals surface area contributed by atoms with Crippen molar-refractivity contribution in [3.8, 4) is 0 Å². The van der Waals surface area contributed by atoms with Crippen molar-refractivity contribution >= 4 is 22.9 Å². The molecule has 10 heteroatoms. The van der Waals surface area contributed by atoms with Crippen molar-refractivity contribution in [1.82, 2.24) is 19.5 Å². The average Bonchev–Trinajstić information content (AvgIpc) is 3.25. The molecule has 3 heterocycles. The first-order valence-electron chi connectivity index (χ1n) is 9.40. The maximum Gasteiger partial charge on any atom is 0.226 e. The number of aliphatic hydroxyl groups is 3. The van der Waals surface area contributed by atoms with Gasteiger partial charge in [0.2, 0.25) is 5.95 Å². The Balaban J connectivity index is 1.54.